The number of rotatable bonds is 8. The number of methoxy groups -OCH3 is 2. The minimum atomic E-state index is 0. The highest BCUT2D eigenvalue weighted by Gasteiger charge is 2.23. The Morgan fingerprint density at radius 3 is 2.56 bits per heavy atom. The van der Waals surface area contributed by atoms with Crippen molar-refractivity contribution >= 4 is 41.5 Å². The fourth-order valence-corrected chi connectivity index (χ4v) is 3.85. The fraction of sp³-hybridized carbons (Fsp3) is 0.435. The minimum absolute atomic E-state index is 0. The summed E-state index contributed by atoms with van der Waals surface area (Å²) in [6, 6.07) is 14.0. The Labute approximate surface area is 212 Å². The van der Waals surface area contributed by atoms with Crippen molar-refractivity contribution in [2.45, 2.75) is 12.6 Å². The molecule has 2 aromatic carbocycles. The number of aliphatic imine (C=N–C) groups is 1. The van der Waals surface area contributed by atoms with Crippen LogP contribution in [0.5, 0.6) is 11.5 Å². The summed E-state index contributed by atoms with van der Waals surface area (Å²) < 4.78 is 16.3. The van der Waals surface area contributed by atoms with E-state index in [1.54, 1.807) is 21.3 Å². The van der Waals surface area contributed by atoms with Crippen molar-refractivity contribution in [3.8, 4) is 11.5 Å². The maximum absolute atomic E-state index is 6.27. The Balaban J connectivity index is 0.00000363. The molecule has 1 fully saturated rings. The molecule has 1 aliphatic heterocycles. The lowest BCUT2D eigenvalue weighted by molar-refractivity contribution is 0.0170. The van der Waals surface area contributed by atoms with E-state index in [0.717, 1.165) is 54.3 Å². The molecular formula is C23H32ClIN4O3. The third-order valence-electron chi connectivity index (χ3n) is 5.35. The number of benzene rings is 2. The Bertz CT molecular complexity index is 878. The predicted molar refractivity (Wildman–Crippen MR) is 140 cm³/mol. The molecule has 2 aromatic rings. The van der Waals surface area contributed by atoms with Crippen molar-refractivity contribution in [1.82, 2.24) is 15.5 Å². The lowest BCUT2D eigenvalue weighted by Crippen LogP contribution is -2.46. The number of nitrogens with zero attached hydrogens (tertiary/aromatic N) is 2. The van der Waals surface area contributed by atoms with Crippen LogP contribution >= 0.6 is 35.6 Å². The molecule has 3 rings (SSSR count). The van der Waals surface area contributed by atoms with Crippen LogP contribution < -0.4 is 20.1 Å². The second-order valence-corrected chi connectivity index (χ2v) is 7.64. The van der Waals surface area contributed by atoms with E-state index < -0.39 is 0 Å². The number of halogens is 2. The normalized spacial score (nSPS) is 15.4. The zero-order valence-corrected chi connectivity index (χ0v) is 21.9. The van der Waals surface area contributed by atoms with Crippen molar-refractivity contribution in [3.05, 3.63) is 58.6 Å². The van der Waals surface area contributed by atoms with Gasteiger partial charge in [0.1, 0.15) is 11.5 Å². The highest BCUT2D eigenvalue weighted by Crippen LogP contribution is 2.25. The number of guanidine groups is 1. The second-order valence-electron chi connectivity index (χ2n) is 7.20. The average Bonchev–Trinajstić information content (AvgIpc) is 2.81. The van der Waals surface area contributed by atoms with Gasteiger partial charge in [0.15, 0.2) is 5.96 Å². The lowest BCUT2D eigenvalue weighted by Gasteiger charge is -2.35. The van der Waals surface area contributed by atoms with Crippen molar-refractivity contribution in [2.75, 3.05) is 54.1 Å². The summed E-state index contributed by atoms with van der Waals surface area (Å²) in [6.45, 7) is 4.51. The van der Waals surface area contributed by atoms with Gasteiger partial charge in [-0.2, -0.15) is 0 Å². The number of nitrogens with one attached hydrogen (secondary N) is 2. The number of hydrogen-bond donors (Lipinski definition) is 2. The summed E-state index contributed by atoms with van der Waals surface area (Å²) in [5, 5.41) is 7.57. The van der Waals surface area contributed by atoms with Gasteiger partial charge in [-0.15, -0.1) is 24.0 Å². The van der Waals surface area contributed by atoms with Crippen molar-refractivity contribution in [1.29, 1.82) is 0 Å². The summed E-state index contributed by atoms with van der Waals surface area (Å²) in [6.07, 6.45) is 0. The molecule has 2 N–H and O–H groups in total. The maximum Gasteiger partial charge on any atom is 0.191 e. The van der Waals surface area contributed by atoms with E-state index in [9.17, 15) is 0 Å². The van der Waals surface area contributed by atoms with Crippen LogP contribution in [0.15, 0.2) is 47.5 Å². The van der Waals surface area contributed by atoms with Crippen LogP contribution in [0.2, 0.25) is 5.02 Å². The van der Waals surface area contributed by atoms with E-state index in [2.05, 4.69) is 26.6 Å². The van der Waals surface area contributed by atoms with E-state index in [1.165, 1.54) is 5.56 Å². The van der Waals surface area contributed by atoms with E-state index in [1.807, 2.05) is 36.4 Å². The van der Waals surface area contributed by atoms with Gasteiger partial charge in [-0.05, 0) is 29.8 Å². The smallest absolute Gasteiger partial charge is 0.191 e. The Hall–Kier alpha value is -1.75. The number of morpholine rings is 1. The standard InChI is InChI=1S/C23H31ClN4O3.HI/c1-25-23(26-15-18-7-8-20(29-2)14-22(18)30-3)27-16-21(28-9-11-31-12-10-28)17-5-4-6-19(24)13-17;/h4-8,13-14,21H,9-12,15-16H2,1-3H3,(H2,25,26,27);1H. The molecule has 0 bridgehead atoms. The molecule has 0 saturated carbocycles. The largest absolute Gasteiger partial charge is 0.497 e. The number of hydrogen-bond acceptors (Lipinski definition) is 5. The SMILES string of the molecule is CN=C(NCc1ccc(OC)cc1OC)NCC(c1cccc(Cl)c1)N1CCOCC1.I. The molecule has 0 spiro atoms. The van der Waals surface area contributed by atoms with E-state index in [0.29, 0.717) is 13.1 Å². The highest BCUT2D eigenvalue weighted by molar-refractivity contribution is 14.0. The first kappa shape index (κ1) is 26.5. The predicted octanol–water partition coefficient (Wildman–Crippen LogP) is 3.71. The third-order valence-corrected chi connectivity index (χ3v) is 5.58. The molecule has 9 heteroatoms. The van der Waals surface area contributed by atoms with Crippen molar-refractivity contribution < 1.29 is 14.2 Å². The highest BCUT2D eigenvalue weighted by atomic mass is 127. The van der Waals surface area contributed by atoms with Crippen LogP contribution in [0.4, 0.5) is 0 Å². The fourth-order valence-electron chi connectivity index (χ4n) is 3.65. The van der Waals surface area contributed by atoms with Crippen molar-refractivity contribution in [3.63, 3.8) is 0 Å². The summed E-state index contributed by atoms with van der Waals surface area (Å²) in [5.74, 6) is 2.25. The van der Waals surface area contributed by atoms with Crippen LogP contribution in [0.25, 0.3) is 0 Å². The molecule has 0 aliphatic carbocycles. The summed E-state index contributed by atoms with van der Waals surface area (Å²) >= 11 is 6.27. The average molecular weight is 575 g/mol. The number of ether oxygens (including phenoxy) is 3. The topological polar surface area (TPSA) is 67.4 Å². The monoisotopic (exact) mass is 574 g/mol. The summed E-state index contributed by atoms with van der Waals surface area (Å²) in [4.78, 5) is 6.80. The van der Waals surface area contributed by atoms with Gasteiger partial charge in [0, 0.05) is 49.9 Å². The van der Waals surface area contributed by atoms with E-state index in [-0.39, 0.29) is 30.0 Å². The zero-order chi connectivity index (χ0) is 22.1. The van der Waals surface area contributed by atoms with Crippen LogP contribution in [0, 0.1) is 0 Å². The Kier molecular flexibility index (Phi) is 11.4. The van der Waals surface area contributed by atoms with Gasteiger partial charge in [0.05, 0.1) is 33.5 Å². The molecule has 0 radical (unpaired) electrons. The molecule has 176 valence electrons. The minimum Gasteiger partial charge on any atom is -0.497 e. The first-order valence-electron chi connectivity index (χ1n) is 10.4. The van der Waals surface area contributed by atoms with E-state index >= 15 is 0 Å². The second kappa shape index (κ2) is 13.7. The van der Waals surface area contributed by atoms with Crippen LogP contribution in [0.3, 0.4) is 0 Å². The van der Waals surface area contributed by atoms with Gasteiger partial charge in [-0.25, -0.2) is 0 Å². The van der Waals surface area contributed by atoms with Gasteiger partial charge >= 0.3 is 0 Å². The molecule has 7 nitrogen and oxygen atoms in total. The van der Waals surface area contributed by atoms with Gasteiger partial charge in [0.2, 0.25) is 0 Å². The molecule has 0 aromatic heterocycles. The molecule has 0 amide bonds. The van der Waals surface area contributed by atoms with Crippen LogP contribution in [0.1, 0.15) is 17.2 Å². The van der Waals surface area contributed by atoms with Crippen molar-refractivity contribution in [2.24, 2.45) is 4.99 Å². The Morgan fingerprint density at radius 2 is 1.91 bits per heavy atom. The molecule has 1 aliphatic rings. The summed E-state index contributed by atoms with van der Waals surface area (Å²) in [7, 11) is 5.07. The summed E-state index contributed by atoms with van der Waals surface area (Å²) in [5.41, 5.74) is 2.19. The first-order valence-corrected chi connectivity index (χ1v) is 10.7. The molecule has 1 unspecified atom stereocenters. The lowest BCUT2D eigenvalue weighted by atomic mass is 10.0. The van der Waals surface area contributed by atoms with E-state index in [4.69, 9.17) is 25.8 Å². The van der Waals surface area contributed by atoms with Crippen LogP contribution in [-0.4, -0.2) is 65.0 Å². The van der Waals surface area contributed by atoms with Crippen LogP contribution in [-0.2, 0) is 11.3 Å². The van der Waals surface area contributed by atoms with Gasteiger partial charge in [-0.1, -0.05) is 23.7 Å². The third kappa shape index (κ3) is 7.40. The molecule has 1 saturated heterocycles. The van der Waals surface area contributed by atoms with Gasteiger partial charge < -0.3 is 24.8 Å². The molecule has 32 heavy (non-hydrogen) atoms. The molecular weight excluding hydrogens is 543 g/mol. The maximum atomic E-state index is 6.27. The van der Waals surface area contributed by atoms with Gasteiger partial charge in [-0.3, -0.25) is 9.89 Å². The quantitative estimate of drug-likeness (QED) is 0.285. The zero-order valence-electron chi connectivity index (χ0n) is 18.8. The first-order chi connectivity index (χ1) is 15.1. The molecule has 1 atom stereocenters. The van der Waals surface area contributed by atoms with Gasteiger partial charge in [0.25, 0.3) is 0 Å². The Morgan fingerprint density at radius 1 is 1.12 bits per heavy atom. The molecule has 1 heterocycles.